The van der Waals surface area contributed by atoms with E-state index in [1.807, 2.05) is 41.3 Å². The molecule has 0 aliphatic carbocycles. The average Bonchev–Trinajstić information content (AvgIpc) is 3.22. The molecule has 142 valence electrons. The number of nitrogens with zero attached hydrogens (tertiary/aromatic N) is 3. The fourth-order valence-corrected chi connectivity index (χ4v) is 4.08. The minimum Gasteiger partial charge on any atom is -0.353 e. The van der Waals surface area contributed by atoms with Crippen LogP contribution in [0.1, 0.15) is 4.88 Å². The topological polar surface area (TPSA) is 36.4 Å². The summed E-state index contributed by atoms with van der Waals surface area (Å²) in [6.45, 7) is 2.94. The summed E-state index contributed by atoms with van der Waals surface area (Å²) in [7, 11) is 0. The van der Waals surface area contributed by atoms with Crippen molar-refractivity contribution in [1.29, 1.82) is 0 Å². The van der Waals surface area contributed by atoms with Crippen LogP contribution in [0.25, 0.3) is 16.5 Å². The van der Waals surface area contributed by atoms with Crippen molar-refractivity contribution in [2.24, 2.45) is 0 Å². The maximum atomic E-state index is 13.1. The Morgan fingerprint density at radius 3 is 2.50 bits per heavy atom. The normalized spacial score (nSPS) is 14.6. The maximum absolute atomic E-state index is 13.1. The molecule has 1 fully saturated rings. The number of carbonyl (C=O) groups is 1. The second-order valence-corrected chi connectivity index (χ2v) is 7.66. The van der Waals surface area contributed by atoms with Crippen LogP contribution in [0.3, 0.4) is 0 Å². The summed E-state index contributed by atoms with van der Waals surface area (Å²) in [5, 5.41) is 0. The van der Waals surface area contributed by atoms with Crippen molar-refractivity contribution >= 4 is 29.1 Å². The van der Waals surface area contributed by atoms with E-state index in [1.54, 1.807) is 35.7 Å². The van der Waals surface area contributed by atoms with Crippen molar-refractivity contribution in [1.82, 2.24) is 9.88 Å². The van der Waals surface area contributed by atoms with E-state index in [2.05, 4.69) is 9.88 Å². The molecular weight excluding hydrogens is 373 g/mol. The molecule has 1 aromatic carbocycles. The fourth-order valence-electron chi connectivity index (χ4n) is 3.17. The molecule has 0 bridgehead atoms. The number of halogens is 1. The van der Waals surface area contributed by atoms with Gasteiger partial charge >= 0.3 is 0 Å². The van der Waals surface area contributed by atoms with Gasteiger partial charge in [-0.05, 0) is 48.0 Å². The molecular formula is C22H20FN3OS. The van der Waals surface area contributed by atoms with Crippen LogP contribution < -0.4 is 4.90 Å². The van der Waals surface area contributed by atoms with Crippen LogP contribution in [0, 0.1) is 5.82 Å². The van der Waals surface area contributed by atoms with Gasteiger partial charge in [0.1, 0.15) is 11.6 Å². The molecule has 1 aliphatic rings. The van der Waals surface area contributed by atoms with E-state index >= 15 is 0 Å². The number of piperazine rings is 1. The molecule has 3 heterocycles. The van der Waals surface area contributed by atoms with Crippen LogP contribution in [0.15, 0.2) is 66.9 Å². The number of hydrogen-bond donors (Lipinski definition) is 0. The minimum atomic E-state index is -0.242. The molecule has 1 saturated heterocycles. The Labute approximate surface area is 167 Å². The number of benzene rings is 1. The summed E-state index contributed by atoms with van der Waals surface area (Å²) in [6.07, 6.45) is 5.28. The molecule has 1 amide bonds. The lowest BCUT2D eigenvalue weighted by Crippen LogP contribution is -2.48. The van der Waals surface area contributed by atoms with E-state index in [1.165, 1.54) is 12.1 Å². The van der Waals surface area contributed by atoms with Gasteiger partial charge in [0, 0.05) is 48.2 Å². The largest absolute Gasteiger partial charge is 0.353 e. The third kappa shape index (κ3) is 4.28. The number of aromatic nitrogens is 1. The first-order valence-electron chi connectivity index (χ1n) is 9.18. The molecule has 0 saturated carbocycles. The van der Waals surface area contributed by atoms with E-state index in [9.17, 15) is 9.18 Å². The predicted octanol–water partition coefficient (Wildman–Crippen LogP) is 4.31. The number of pyridine rings is 1. The molecule has 4 rings (SSSR count). The molecule has 0 unspecified atom stereocenters. The SMILES string of the molecule is O=C(/C=C/c1ccc(-c2ccc(F)cc2)s1)N1CCN(c2ccccn2)CC1. The highest BCUT2D eigenvalue weighted by Crippen LogP contribution is 2.29. The van der Waals surface area contributed by atoms with E-state index in [0.29, 0.717) is 13.1 Å². The van der Waals surface area contributed by atoms with Gasteiger partial charge in [-0.3, -0.25) is 4.79 Å². The van der Waals surface area contributed by atoms with Crippen molar-refractivity contribution in [2.75, 3.05) is 31.1 Å². The Bertz CT molecular complexity index is 961. The van der Waals surface area contributed by atoms with Crippen LogP contribution in [0.2, 0.25) is 0 Å². The Morgan fingerprint density at radius 2 is 1.79 bits per heavy atom. The number of carbonyl (C=O) groups excluding carboxylic acids is 1. The Hall–Kier alpha value is -2.99. The second kappa shape index (κ2) is 8.35. The number of thiophene rings is 1. The Kier molecular flexibility index (Phi) is 5.48. The zero-order valence-electron chi connectivity index (χ0n) is 15.3. The van der Waals surface area contributed by atoms with Crippen molar-refractivity contribution in [2.45, 2.75) is 0 Å². The maximum Gasteiger partial charge on any atom is 0.246 e. The summed E-state index contributed by atoms with van der Waals surface area (Å²) < 4.78 is 13.1. The van der Waals surface area contributed by atoms with Crippen molar-refractivity contribution in [3.8, 4) is 10.4 Å². The third-order valence-corrected chi connectivity index (χ3v) is 5.81. The van der Waals surface area contributed by atoms with Gasteiger partial charge in [0.05, 0.1) is 0 Å². The van der Waals surface area contributed by atoms with Crippen LogP contribution in [-0.4, -0.2) is 42.0 Å². The van der Waals surface area contributed by atoms with Gasteiger partial charge in [-0.2, -0.15) is 0 Å². The third-order valence-electron chi connectivity index (χ3n) is 4.71. The highest BCUT2D eigenvalue weighted by Gasteiger charge is 2.20. The molecule has 6 heteroatoms. The van der Waals surface area contributed by atoms with Gasteiger partial charge in [0.25, 0.3) is 0 Å². The van der Waals surface area contributed by atoms with Gasteiger partial charge in [-0.25, -0.2) is 9.37 Å². The lowest BCUT2D eigenvalue weighted by molar-refractivity contribution is -0.126. The smallest absolute Gasteiger partial charge is 0.246 e. The summed E-state index contributed by atoms with van der Waals surface area (Å²) in [5.74, 6) is 0.739. The number of hydrogen-bond acceptors (Lipinski definition) is 4. The van der Waals surface area contributed by atoms with Crippen LogP contribution in [0.5, 0.6) is 0 Å². The van der Waals surface area contributed by atoms with E-state index < -0.39 is 0 Å². The second-order valence-electron chi connectivity index (χ2n) is 6.54. The summed E-state index contributed by atoms with van der Waals surface area (Å²) in [5.41, 5.74) is 0.975. The molecule has 2 aromatic heterocycles. The first kappa shape index (κ1) is 18.4. The average molecular weight is 393 g/mol. The van der Waals surface area contributed by atoms with Crippen LogP contribution >= 0.6 is 11.3 Å². The first-order valence-corrected chi connectivity index (χ1v) is 9.99. The quantitative estimate of drug-likeness (QED) is 0.620. The molecule has 3 aromatic rings. The summed E-state index contributed by atoms with van der Waals surface area (Å²) >= 11 is 1.58. The Balaban J connectivity index is 1.34. The lowest BCUT2D eigenvalue weighted by Gasteiger charge is -2.34. The highest BCUT2D eigenvalue weighted by molar-refractivity contribution is 7.16. The van der Waals surface area contributed by atoms with Crippen molar-refractivity contribution in [3.05, 3.63) is 77.6 Å². The number of anilines is 1. The first-order chi connectivity index (χ1) is 13.7. The van der Waals surface area contributed by atoms with Crippen molar-refractivity contribution < 1.29 is 9.18 Å². The van der Waals surface area contributed by atoms with E-state index in [0.717, 1.165) is 34.2 Å². The number of amides is 1. The molecule has 0 atom stereocenters. The number of rotatable bonds is 4. The highest BCUT2D eigenvalue weighted by atomic mass is 32.1. The summed E-state index contributed by atoms with van der Waals surface area (Å²) in [6, 6.07) is 16.3. The predicted molar refractivity (Wildman–Crippen MR) is 112 cm³/mol. The van der Waals surface area contributed by atoms with E-state index in [4.69, 9.17) is 0 Å². The van der Waals surface area contributed by atoms with Crippen LogP contribution in [-0.2, 0) is 4.79 Å². The van der Waals surface area contributed by atoms with Gasteiger partial charge in [0.15, 0.2) is 0 Å². The van der Waals surface area contributed by atoms with Gasteiger partial charge in [0.2, 0.25) is 5.91 Å². The monoisotopic (exact) mass is 393 g/mol. The van der Waals surface area contributed by atoms with Gasteiger partial charge in [-0.1, -0.05) is 18.2 Å². The molecule has 0 N–H and O–H groups in total. The molecule has 0 radical (unpaired) electrons. The van der Waals surface area contributed by atoms with Crippen LogP contribution in [0.4, 0.5) is 10.2 Å². The zero-order chi connectivity index (χ0) is 19.3. The van der Waals surface area contributed by atoms with E-state index in [-0.39, 0.29) is 11.7 Å². The Morgan fingerprint density at radius 1 is 1.00 bits per heavy atom. The fraction of sp³-hybridized carbons (Fsp3) is 0.182. The summed E-state index contributed by atoms with van der Waals surface area (Å²) in [4.78, 5) is 23.0. The molecule has 1 aliphatic heterocycles. The lowest BCUT2D eigenvalue weighted by atomic mass is 10.2. The molecule has 4 nitrogen and oxygen atoms in total. The minimum absolute atomic E-state index is 0.0254. The zero-order valence-corrected chi connectivity index (χ0v) is 16.1. The standard InChI is InChI=1S/C22H20FN3OS/c23-18-6-4-17(5-7-18)20-10-8-19(28-20)9-11-22(27)26-15-13-25(14-16-26)21-3-1-2-12-24-21/h1-12H,13-16H2/b11-9+. The molecule has 28 heavy (non-hydrogen) atoms. The van der Waals surface area contributed by atoms with Gasteiger partial charge < -0.3 is 9.80 Å². The van der Waals surface area contributed by atoms with Crippen molar-refractivity contribution in [3.63, 3.8) is 0 Å². The molecule has 0 spiro atoms. The van der Waals surface area contributed by atoms with Gasteiger partial charge in [-0.15, -0.1) is 11.3 Å².